The van der Waals surface area contributed by atoms with E-state index in [1.807, 2.05) is 0 Å². The minimum Gasteiger partial charge on any atom is -0.486 e. The van der Waals surface area contributed by atoms with Gasteiger partial charge in [0.1, 0.15) is 17.8 Å². The lowest BCUT2D eigenvalue weighted by Gasteiger charge is -2.33. The maximum absolute atomic E-state index is 13.6. The zero-order valence-electron chi connectivity index (χ0n) is 10.1. The minimum atomic E-state index is -3.36. The maximum Gasteiger partial charge on any atom is 0.310 e. The van der Waals surface area contributed by atoms with Crippen molar-refractivity contribution in [1.82, 2.24) is 0 Å². The Morgan fingerprint density at radius 1 is 1.29 bits per heavy atom. The van der Waals surface area contributed by atoms with Crippen LogP contribution in [0.5, 0.6) is 5.75 Å². The van der Waals surface area contributed by atoms with Gasteiger partial charge in [0.05, 0.1) is 15.1 Å². The summed E-state index contributed by atoms with van der Waals surface area (Å²) in [5, 5.41) is 9.05. The Balaban J connectivity index is 2.48. The summed E-state index contributed by atoms with van der Waals surface area (Å²) < 4.78 is 43.7. The number of benzene rings is 1. The van der Waals surface area contributed by atoms with E-state index in [1.54, 1.807) is 0 Å². The molecule has 0 amide bonds. The van der Waals surface area contributed by atoms with Gasteiger partial charge in [-0.15, -0.1) is 0 Å². The van der Waals surface area contributed by atoms with E-state index in [1.165, 1.54) is 6.07 Å². The van der Waals surface area contributed by atoms with Crippen LogP contribution in [0.3, 0.4) is 0 Å². The predicted molar refractivity (Wildman–Crippen MR) is 71.6 cm³/mol. The summed E-state index contributed by atoms with van der Waals surface area (Å²) in [6.07, 6.45) is -8.22. The molecule has 1 N–H and O–H groups in total. The standard InChI is InChI=1S/C12H8Cl3F3O3/c13-5-2-6-3(7(14)8(5)15)1-4(12(19)20)10(21-6)9(16)11(17)18/h2,4,9-11H,1H2,(H,19,20)/t4-,9?,10+/m0/s1. The van der Waals surface area contributed by atoms with Crippen LogP contribution in [0, 0.1) is 5.92 Å². The Bertz CT molecular complexity index is 583. The quantitative estimate of drug-likeness (QED) is 0.817. The summed E-state index contributed by atoms with van der Waals surface area (Å²) in [6, 6.07) is 1.20. The van der Waals surface area contributed by atoms with E-state index in [-0.39, 0.29) is 32.8 Å². The maximum atomic E-state index is 13.6. The molecule has 9 heteroatoms. The molecule has 1 aliphatic heterocycles. The van der Waals surface area contributed by atoms with Crippen LogP contribution in [0.25, 0.3) is 0 Å². The third-order valence-corrected chi connectivity index (χ3v) is 4.48. The van der Waals surface area contributed by atoms with Crippen molar-refractivity contribution in [3.05, 3.63) is 26.7 Å². The summed E-state index contributed by atoms with van der Waals surface area (Å²) in [6.45, 7) is 0. The predicted octanol–water partition coefficient (Wildman–Crippen LogP) is 4.25. The molecule has 2 rings (SSSR count). The molecule has 1 heterocycles. The molecule has 0 spiro atoms. The minimum absolute atomic E-state index is 0.000367. The molecule has 3 nitrogen and oxygen atoms in total. The van der Waals surface area contributed by atoms with Gasteiger partial charge in [0, 0.05) is 11.6 Å². The molecule has 0 saturated carbocycles. The van der Waals surface area contributed by atoms with Crippen molar-refractivity contribution in [2.75, 3.05) is 0 Å². The molecule has 0 saturated heterocycles. The van der Waals surface area contributed by atoms with Gasteiger partial charge in [-0.05, 0) is 6.42 Å². The van der Waals surface area contributed by atoms with Crippen molar-refractivity contribution in [3.63, 3.8) is 0 Å². The Morgan fingerprint density at radius 2 is 1.90 bits per heavy atom. The molecular formula is C12H8Cl3F3O3. The van der Waals surface area contributed by atoms with Gasteiger partial charge in [-0.2, -0.15) is 0 Å². The largest absolute Gasteiger partial charge is 0.486 e. The van der Waals surface area contributed by atoms with Gasteiger partial charge in [-0.3, -0.25) is 4.79 Å². The number of fused-ring (bicyclic) bond motifs is 1. The van der Waals surface area contributed by atoms with E-state index in [2.05, 4.69) is 0 Å². The second-order valence-electron chi connectivity index (χ2n) is 4.47. The number of ether oxygens (including phenoxy) is 1. The van der Waals surface area contributed by atoms with Crippen LogP contribution in [0.2, 0.25) is 15.1 Å². The first kappa shape index (κ1) is 16.5. The first-order valence-corrected chi connectivity index (χ1v) is 6.85. The summed E-state index contributed by atoms with van der Waals surface area (Å²) in [7, 11) is 0. The number of aliphatic carboxylic acids is 1. The lowest BCUT2D eigenvalue weighted by atomic mass is 9.88. The second-order valence-corrected chi connectivity index (χ2v) is 5.64. The van der Waals surface area contributed by atoms with Crippen molar-refractivity contribution < 1.29 is 27.8 Å². The van der Waals surface area contributed by atoms with Crippen LogP contribution in [0.4, 0.5) is 13.2 Å². The van der Waals surface area contributed by atoms with Crippen LogP contribution >= 0.6 is 34.8 Å². The van der Waals surface area contributed by atoms with Crippen LogP contribution < -0.4 is 4.74 Å². The van der Waals surface area contributed by atoms with Crippen molar-refractivity contribution in [2.45, 2.75) is 25.1 Å². The Kier molecular flexibility index (Phi) is 4.80. The third-order valence-electron chi connectivity index (χ3n) is 3.18. The van der Waals surface area contributed by atoms with Gasteiger partial charge in [0.25, 0.3) is 6.43 Å². The number of hydrogen-bond acceptors (Lipinski definition) is 2. The number of rotatable bonds is 3. The number of alkyl halides is 3. The van der Waals surface area contributed by atoms with Crippen molar-refractivity contribution in [2.24, 2.45) is 5.92 Å². The normalized spacial score (nSPS) is 22.6. The highest BCUT2D eigenvalue weighted by molar-refractivity contribution is 6.48. The van der Waals surface area contributed by atoms with Gasteiger partial charge in [-0.25, -0.2) is 13.2 Å². The first-order valence-electron chi connectivity index (χ1n) is 5.72. The Morgan fingerprint density at radius 3 is 2.43 bits per heavy atom. The molecule has 1 aromatic rings. The zero-order chi connectivity index (χ0) is 15.9. The third kappa shape index (κ3) is 3.03. The molecule has 21 heavy (non-hydrogen) atoms. The fourth-order valence-corrected chi connectivity index (χ4v) is 2.81. The molecule has 1 aromatic carbocycles. The fourth-order valence-electron chi connectivity index (χ4n) is 2.13. The van der Waals surface area contributed by atoms with E-state index < -0.39 is 30.6 Å². The average molecular weight is 364 g/mol. The average Bonchev–Trinajstić information content (AvgIpc) is 2.42. The van der Waals surface area contributed by atoms with Gasteiger partial charge in [0.2, 0.25) is 0 Å². The van der Waals surface area contributed by atoms with E-state index in [4.69, 9.17) is 44.6 Å². The lowest BCUT2D eigenvalue weighted by Crippen LogP contribution is -2.46. The number of hydrogen-bond donors (Lipinski definition) is 1. The van der Waals surface area contributed by atoms with Crippen LogP contribution in [0.1, 0.15) is 5.56 Å². The van der Waals surface area contributed by atoms with E-state index in [0.29, 0.717) is 0 Å². The van der Waals surface area contributed by atoms with Crippen LogP contribution in [-0.2, 0) is 11.2 Å². The van der Waals surface area contributed by atoms with Crippen molar-refractivity contribution in [1.29, 1.82) is 0 Å². The monoisotopic (exact) mass is 362 g/mol. The SMILES string of the molecule is O=C(O)[C@H]1Cc2c(cc(Cl)c(Cl)c2Cl)O[C@H]1C(F)C(F)F. The molecule has 0 radical (unpaired) electrons. The molecule has 0 aliphatic carbocycles. The smallest absolute Gasteiger partial charge is 0.310 e. The highest BCUT2D eigenvalue weighted by Gasteiger charge is 2.45. The zero-order valence-corrected chi connectivity index (χ0v) is 12.4. The number of carbonyl (C=O) groups is 1. The van der Waals surface area contributed by atoms with Gasteiger partial charge >= 0.3 is 5.97 Å². The van der Waals surface area contributed by atoms with E-state index in [0.717, 1.165) is 0 Å². The molecule has 1 unspecified atom stereocenters. The van der Waals surface area contributed by atoms with Crippen molar-refractivity contribution in [3.8, 4) is 5.75 Å². The number of halogens is 6. The van der Waals surface area contributed by atoms with E-state index in [9.17, 15) is 18.0 Å². The highest BCUT2D eigenvalue weighted by Crippen LogP contribution is 2.44. The summed E-state index contributed by atoms with van der Waals surface area (Å²) >= 11 is 17.6. The topological polar surface area (TPSA) is 46.5 Å². The summed E-state index contributed by atoms with van der Waals surface area (Å²) in [5.41, 5.74) is 0.205. The summed E-state index contributed by atoms with van der Waals surface area (Å²) in [4.78, 5) is 11.2. The fraction of sp³-hybridized carbons (Fsp3) is 0.417. The van der Waals surface area contributed by atoms with E-state index >= 15 is 0 Å². The van der Waals surface area contributed by atoms with Crippen LogP contribution in [-0.4, -0.2) is 29.8 Å². The second kappa shape index (κ2) is 6.10. The van der Waals surface area contributed by atoms with Crippen molar-refractivity contribution >= 4 is 40.8 Å². The summed E-state index contributed by atoms with van der Waals surface area (Å²) in [5.74, 6) is -3.01. The molecular weight excluding hydrogens is 355 g/mol. The molecule has 0 aromatic heterocycles. The molecule has 3 atom stereocenters. The van der Waals surface area contributed by atoms with Gasteiger partial charge in [-0.1, -0.05) is 34.8 Å². The highest BCUT2D eigenvalue weighted by atomic mass is 35.5. The molecule has 116 valence electrons. The Hall–Kier alpha value is -0.850. The first-order chi connectivity index (χ1) is 9.73. The number of carboxylic acids is 1. The van der Waals surface area contributed by atoms with Gasteiger partial charge < -0.3 is 9.84 Å². The number of carboxylic acid groups (broad SMARTS) is 1. The van der Waals surface area contributed by atoms with Gasteiger partial charge in [0.15, 0.2) is 6.17 Å². The van der Waals surface area contributed by atoms with Crippen LogP contribution in [0.15, 0.2) is 6.07 Å². The molecule has 0 fully saturated rings. The Labute approximate surface area is 132 Å². The molecule has 0 bridgehead atoms. The lowest BCUT2D eigenvalue weighted by molar-refractivity contribution is -0.149. The molecule has 1 aliphatic rings.